The van der Waals surface area contributed by atoms with Gasteiger partial charge in [0.05, 0.1) is 4.90 Å². The highest BCUT2D eigenvalue weighted by atomic mass is 32.2. The smallest absolute Gasteiger partial charge is 0.207 e. The first-order valence-electron chi connectivity index (χ1n) is 5.19. The van der Waals surface area contributed by atoms with E-state index in [2.05, 4.69) is 11.3 Å². The van der Waals surface area contributed by atoms with Gasteiger partial charge in [0.2, 0.25) is 10.0 Å². The summed E-state index contributed by atoms with van der Waals surface area (Å²) in [6, 6.07) is 2.05. The van der Waals surface area contributed by atoms with Crippen molar-refractivity contribution in [2.24, 2.45) is 0 Å². The third-order valence-electron chi connectivity index (χ3n) is 2.39. The van der Waals surface area contributed by atoms with E-state index < -0.39 is 15.8 Å². The molecule has 0 heterocycles. The molecule has 1 aromatic rings. The topological polar surface area (TPSA) is 46.2 Å². The van der Waals surface area contributed by atoms with Crippen LogP contribution in [-0.4, -0.2) is 14.5 Å². The zero-order valence-corrected chi connectivity index (χ0v) is 10.9. The molecule has 0 aliphatic rings. The second-order valence-corrected chi connectivity index (χ2v) is 5.67. The van der Waals surface area contributed by atoms with Crippen LogP contribution in [0.2, 0.25) is 0 Å². The first-order chi connectivity index (χ1) is 7.77. The van der Waals surface area contributed by atoms with E-state index in [1.807, 2.05) is 0 Å². The number of benzene rings is 1. The van der Waals surface area contributed by atoms with Gasteiger partial charge in [0.25, 0.3) is 0 Å². The summed E-state index contributed by atoms with van der Waals surface area (Å²) >= 11 is 0. The van der Waals surface area contributed by atoms with Gasteiger partial charge in [0.1, 0.15) is 5.82 Å². The maximum absolute atomic E-state index is 13.1. The van der Waals surface area contributed by atoms with Gasteiger partial charge < -0.3 is 0 Å². The van der Waals surface area contributed by atoms with E-state index in [-0.39, 0.29) is 10.9 Å². The van der Waals surface area contributed by atoms with Crippen LogP contribution in [0.5, 0.6) is 0 Å². The fraction of sp³-hybridized carbons (Fsp3) is 0.333. The van der Waals surface area contributed by atoms with E-state index >= 15 is 0 Å². The van der Waals surface area contributed by atoms with Gasteiger partial charge in [-0.05, 0) is 44.0 Å². The third-order valence-corrected chi connectivity index (χ3v) is 4.25. The second kappa shape index (κ2) is 4.98. The van der Waals surface area contributed by atoms with Gasteiger partial charge in [-0.1, -0.05) is 6.08 Å². The maximum atomic E-state index is 13.1. The van der Waals surface area contributed by atoms with Gasteiger partial charge in [-0.25, -0.2) is 17.5 Å². The number of hydrogen-bond acceptors (Lipinski definition) is 2. The van der Waals surface area contributed by atoms with Crippen molar-refractivity contribution in [1.29, 1.82) is 0 Å². The fourth-order valence-electron chi connectivity index (χ4n) is 1.67. The van der Waals surface area contributed by atoms with Crippen LogP contribution >= 0.6 is 0 Å². The summed E-state index contributed by atoms with van der Waals surface area (Å²) in [5.74, 6) is -0.435. The number of halogens is 1. The Kier molecular flexibility index (Phi) is 4.06. The summed E-state index contributed by atoms with van der Waals surface area (Å²) in [6.07, 6.45) is 1.49. The van der Waals surface area contributed by atoms with Crippen LogP contribution in [0.3, 0.4) is 0 Å². The maximum Gasteiger partial charge on any atom is 0.241 e. The van der Waals surface area contributed by atoms with Crippen molar-refractivity contribution in [2.75, 3.05) is 0 Å². The van der Waals surface area contributed by atoms with Crippen LogP contribution in [0.1, 0.15) is 18.1 Å². The quantitative estimate of drug-likeness (QED) is 0.841. The van der Waals surface area contributed by atoms with Crippen molar-refractivity contribution in [3.8, 4) is 0 Å². The molecule has 1 aromatic carbocycles. The molecule has 0 spiro atoms. The Morgan fingerprint density at radius 1 is 1.35 bits per heavy atom. The molecule has 0 bridgehead atoms. The van der Waals surface area contributed by atoms with Crippen LogP contribution in [0.15, 0.2) is 29.7 Å². The normalized spacial score (nSPS) is 13.4. The van der Waals surface area contributed by atoms with Crippen molar-refractivity contribution >= 4 is 10.0 Å². The zero-order chi connectivity index (χ0) is 13.2. The molecule has 1 atom stereocenters. The minimum absolute atomic E-state index is 0.132. The SMILES string of the molecule is C=CC(C)NS(=O)(=O)c1c(C)cc(F)cc1C. The van der Waals surface area contributed by atoms with Crippen molar-refractivity contribution in [2.45, 2.75) is 31.7 Å². The lowest BCUT2D eigenvalue weighted by Crippen LogP contribution is -2.32. The van der Waals surface area contributed by atoms with Gasteiger partial charge >= 0.3 is 0 Å². The molecular weight excluding hydrogens is 241 g/mol. The second-order valence-electron chi connectivity index (χ2n) is 4.01. The lowest BCUT2D eigenvalue weighted by Gasteiger charge is -2.14. The predicted molar refractivity (Wildman–Crippen MR) is 65.9 cm³/mol. The molecule has 0 saturated carbocycles. The third kappa shape index (κ3) is 3.14. The molecule has 5 heteroatoms. The molecule has 1 rings (SSSR count). The van der Waals surface area contributed by atoms with E-state index in [1.165, 1.54) is 18.2 Å². The molecule has 17 heavy (non-hydrogen) atoms. The molecule has 0 aliphatic carbocycles. The molecular formula is C12H16FNO2S. The highest BCUT2D eigenvalue weighted by Crippen LogP contribution is 2.21. The van der Waals surface area contributed by atoms with Crippen molar-refractivity contribution in [3.63, 3.8) is 0 Å². The summed E-state index contributed by atoms with van der Waals surface area (Å²) in [4.78, 5) is 0.132. The van der Waals surface area contributed by atoms with Crippen molar-refractivity contribution in [1.82, 2.24) is 4.72 Å². The summed E-state index contributed by atoms with van der Waals surface area (Å²) in [7, 11) is -3.64. The number of nitrogens with one attached hydrogen (secondary N) is 1. The number of hydrogen-bond donors (Lipinski definition) is 1. The van der Waals surface area contributed by atoms with E-state index in [1.54, 1.807) is 20.8 Å². The Morgan fingerprint density at radius 2 is 1.82 bits per heavy atom. The average molecular weight is 257 g/mol. The first-order valence-corrected chi connectivity index (χ1v) is 6.68. The summed E-state index contributed by atoms with van der Waals surface area (Å²) in [5, 5.41) is 0. The Labute approximate surface area is 101 Å². The van der Waals surface area contributed by atoms with E-state index in [9.17, 15) is 12.8 Å². The van der Waals surface area contributed by atoms with Gasteiger partial charge in [-0.15, -0.1) is 6.58 Å². The lowest BCUT2D eigenvalue weighted by molar-refractivity contribution is 0.573. The first kappa shape index (κ1) is 13.9. The van der Waals surface area contributed by atoms with Crippen LogP contribution in [0.4, 0.5) is 4.39 Å². The summed E-state index contributed by atoms with van der Waals surface area (Å²) in [6.45, 7) is 8.34. The Morgan fingerprint density at radius 3 is 2.24 bits per heavy atom. The molecule has 3 nitrogen and oxygen atoms in total. The monoisotopic (exact) mass is 257 g/mol. The highest BCUT2D eigenvalue weighted by Gasteiger charge is 2.21. The Balaban J connectivity index is 3.29. The van der Waals surface area contributed by atoms with Crippen molar-refractivity contribution in [3.05, 3.63) is 41.7 Å². The molecule has 94 valence electrons. The van der Waals surface area contributed by atoms with E-state index in [0.717, 1.165) is 0 Å². The minimum atomic E-state index is -3.64. The summed E-state index contributed by atoms with van der Waals surface area (Å²) < 4.78 is 39.7. The Hall–Kier alpha value is -1.20. The van der Waals surface area contributed by atoms with Crippen LogP contribution < -0.4 is 4.72 Å². The standard InChI is InChI=1S/C12H16FNO2S/c1-5-10(4)14-17(15,16)12-8(2)6-11(13)7-9(12)3/h5-7,10,14H,1H2,2-4H3. The van der Waals surface area contributed by atoms with Gasteiger partial charge in [0, 0.05) is 6.04 Å². The van der Waals surface area contributed by atoms with Gasteiger partial charge in [-0.2, -0.15) is 0 Å². The summed E-state index contributed by atoms with van der Waals surface area (Å²) in [5.41, 5.74) is 0.789. The van der Waals surface area contributed by atoms with Gasteiger partial charge in [-0.3, -0.25) is 0 Å². The van der Waals surface area contributed by atoms with E-state index in [4.69, 9.17) is 0 Å². The average Bonchev–Trinajstić information content (AvgIpc) is 2.14. The molecule has 1 N–H and O–H groups in total. The highest BCUT2D eigenvalue weighted by molar-refractivity contribution is 7.89. The number of aryl methyl sites for hydroxylation is 2. The molecule has 0 aliphatic heterocycles. The predicted octanol–water partition coefficient (Wildman–Crippen LogP) is 2.30. The van der Waals surface area contributed by atoms with Crippen LogP contribution in [0, 0.1) is 19.7 Å². The number of rotatable bonds is 4. The largest absolute Gasteiger partial charge is 0.241 e. The van der Waals surface area contributed by atoms with Gasteiger partial charge in [0.15, 0.2) is 0 Å². The molecule has 1 unspecified atom stereocenters. The lowest BCUT2D eigenvalue weighted by atomic mass is 10.1. The fourth-order valence-corrected chi connectivity index (χ4v) is 3.34. The van der Waals surface area contributed by atoms with Crippen molar-refractivity contribution < 1.29 is 12.8 Å². The molecule has 0 saturated heterocycles. The molecule has 0 fully saturated rings. The molecule has 0 radical (unpaired) electrons. The van der Waals surface area contributed by atoms with Crippen LogP contribution in [-0.2, 0) is 10.0 Å². The zero-order valence-electron chi connectivity index (χ0n) is 10.1. The minimum Gasteiger partial charge on any atom is -0.207 e. The van der Waals surface area contributed by atoms with Crippen LogP contribution in [0.25, 0.3) is 0 Å². The molecule has 0 aromatic heterocycles. The van der Waals surface area contributed by atoms with E-state index in [0.29, 0.717) is 11.1 Å². The number of sulfonamides is 1. The Bertz CT molecular complexity index is 514. The molecule has 0 amide bonds.